The van der Waals surface area contributed by atoms with Gasteiger partial charge in [-0.1, -0.05) is 35.5 Å². The maximum absolute atomic E-state index is 11.1. The van der Waals surface area contributed by atoms with Gasteiger partial charge in [-0.15, -0.1) is 0 Å². The van der Waals surface area contributed by atoms with Gasteiger partial charge in [-0.2, -0.15) is 0 Å². The highest BCUT2D eigenvalue weighted by atomic mass is 16.5. The average Bonchev–Trinajstić information content (AvgIpc) is 2.30. The zero-order chi connectivity index (χ0) is 12.5. The summed E-state index contributed by atoms with van der Waals surface area (Å²) < 4.78 is 4.80. The number of hydrogen-bond donors (Lipinski definition) is 1. The fourth-order valence-electron chi connectivity index (χ4n) is 1.32. The molecular weight excluding hydrogens is 218 g/mol. The Kier molecular flexibility index (Phi) is 5.51. The summed E-state index contributed by atoms with van der Waals surface area (Å²) in [5, 5.41) is 11.4. The van der Waals surface area contributed by atoms with Crippen LogP contribution >= 0.6 is 0 Å². The first-order valence-corrected chi connectivity index (χ1v) is 5.36. The van der Waals surface area contributed by atoms with Crippen molar-refractivity contribution in [1.82, 2.24) is 0 Å². The van der Waals surface area contributed by atoms with Gasteiger partial charge in [-0.25, -0.2) is 0 Å². The van der Waals surface area contributed by atoms with E-state index in [-0.39, 0.29) is 12.4 Å². The molecule has 90 valence electrons. The smallest absolute Gasteiger partial charge is 0.309 e. The van der Waals surface area contributed by atoms with E-state index in [1.54, 1.807) is 13.0 Å². The molecule has 0 unspecified atom stereocenters. The molecule has 4 nitrogen and oxygen atoms in total. The Hall–Kier alpha value is -2.10. The lowest BCUT2D eigenvalue weighted by atomic mass is 10.1. The van der Waals surface area contributed by atoms with Crippen molar-refractivity contribution in [2.75, 3.05) is 6.61 Å². The van der Waals surface area contributed by atoms with Crippen molar-refractivity contribution in [3.8, 4) is 0 Å². The van der Waals surface area contributed by atoms with Gasteiger partial charge in [0.2, 0.25) is 0 Å². The van der Waals surface area contributed by atoms with E-state index in [1.807, 2.05) is 30.3 Å². The van der Waals surface area contributed by atoms with Crippen molar-refractivity contribution >= 4 is 18.3 Å². The monoisotopic (exact) mass is 233 g/mol. The third kappa shape index (κ3) is 4.97. The van der Waals surface area contributed by atoms with E-state index in [4.69, 9.17) is 9.94 Å². The van der Waals surface area contributed by atoms with Crippen LogP contribution in [-0.4, -0.2) is 24.0 Å². The van der Waals surface area contributed by atoms with Crippen molar-refractivity contribution in [3.05, 3.63) is 41.5 Å². The zero-order valence-corrected chi connectivity index (χ0v) is 9.67. The molecule has 0 spiro atoms. The topological polar surface area (TPSA) is 58.9 Å². The van der Waals surface area contributed by atoms with Crippen LogP contribution < -0.4 is 0 Å². The molecule has 1 aromatic rings. The molecule has 0 saturated heterocycles. The van der Waals surface area contributed by atoms with Gasteiger partial charge in [0.1, 0.15) is 0 Å². The van der Waals surface area contributed by atoms with Crippen LogP contribution in [0, 0.1) is 0 Å². The highest BCUT2D eigenvalue weighted by Crippen LogP contribution is 2.06. The fourth-order valence-corrected chi connectivity index (χ4v) is 1.32. The third-order valence-electron chi connectivity index (χ3n) is 2.02. The first-order chi connectivity index (χ1) is 8.26. The molecule has 17 heavy (non-hydrogen) atoms. The maximum atomic E-state index is 11.1. The van der Waals surface area contributed by atoms with Crippen molar-refractivity contribution in [3.63, 3.8) is 0 Å². The number of carbonyl (C=O) groups excluding carboxylic acids is 1. The molecule has 0 radical (unpaired) electrons. The van der Waals surface area contributed by atoms with Gasteiger partial charge < -0.3 is 9.94 Å². The van der Waals surface area contributed by atoms with Crippen molar-refractivity contribution < 1.29 is 14.7 Å². The van der Waals surface area contributed by atoms with Gasteiger partial charge in [-0.3, -0.25) is 4.79 Å². The molecule has 4 heteroatoms. The number of hydrogen-bond acceptors (Lipinski definition) is 4. The normalized spacial score (nSPS) is 11.1. The van der Waals surface area contributed by atoms with E-state index in [2.05, 4.69) is 5.16 Å². The Bertz CT molecular complexity index is 424. The summed E-state index contributed by atoms with van der Waals surface area (Å²) in [5.74, 6) is -0.239. The minimum absolute atomic E-state index is 0.239. The average molecular weight is 233 g/mol. The molecule has 0 heterocycles. The highest BCUT2D eigenvalue weighted by Gasteiger charge is 1.96. The van der Waals surface area contributed by atoms with Crippen LogP contribution in [0.3, 0.4) is 0 Å². The summed E-state index contributed by atoms with van der Waals surface area (Å²) in [6.45, 7) is 2.18. The van der Waals surface area contributed by atoms with Crippen LogP contribution in [0.2, 0.25) is 0 Å². The molecule has 0 aromatic heterocycles. The van der Waals surface area contributed by atoms with Gasteiger partial charge in [0.05, 0.1) is 19.2 Å². The molecule has 0 aliphatic rings. The van der Waals surface area contributed by atoms with Crippen LogP contribution in [-0.2, 0) is 9.53 Å². The predicted molar refractivity (Wildman–Crippen MR) is 66.1 cm³/mol. The quantitative estimate of drug-likeness (QED) is 0.368. The van der Waals surface area contributed by atoms with Crippen LogP contribution in [0.1, 0.15) is 24.5 Å². The summed E-state index contributed by atoms with van der Waals surface area (Å²) in [4.78, 5) is 11.1. The Labute approximate surface area is 100 Å². The van der Waals surface area contributed by atoms with Gasteiger partial charge >= 0.3 is 5.97 Å². The first kappa shape index (κ1) is 13.0. The Balaban J connectivity index is 2.59. The highest BCUT2D eigenvalue weighted by molar-refractivity contribution is 5.80. The fraction of sp³-hybridized carbons (Fsp3) is 0.231. The summed E-state index contributed by atoms with van der Waals surface area (Å²) in [7, 11) is 0. The summed E-state index contributed by atoms with van der Waals surface area (Å²) in [6, 6.07) is 7.42. The SMILES string of the molecule is CCOC(=O)CC=Cc1cccc(C=NO)c1. The molecular formula is C13H15NO3. The van der Waals surface area contributed by atoms with E-state index in [0.29, 0.717) is 6.61 Å². The molecule has 0 aliphatic carbocycles. The van der Waals surface area contributed by atoms with E-state index in [9.17, 15) is 4.79 Å². The zero-order valence-electron chi connectivity index (χ0n) is 9.67. The lowest BCUT2D eigenvalue weighted by Gasteiger charge is -1.97. The number of nitrogens with zero attached hydrogens (tertiary/aromatic N) is 1. The van der Waals surface area contributed by atoms with E-state index >= 15 is 0 Å². The van der Waals surface area contributed by atoms with Crippen molar-refractivity contribution in [2.45, 2.75) is 13.3 Å². The molecule has 0 saturated carbocycles. The number of benzene rings is 1. The maximum Gasteiger partial charge on any atom is 0.309 e. The predicted octanol–water partition coefficient (Wildman–Crippen LogP) is 2.46. The summed E-state index contributed by atoms with van der Waals surface area (Å²) >= 11 is 0. The van der Waals surface area contributed by atoms with Crippen LogP contribution in [0.4, 0.5) is 0 Å². The lowest BCUT2D eigenvalue weighted by molar-refractivity contribution is -0.142. The molecule has 1 aromatic carbocycles. The Morgan fingerprint density at radius 1 is 1.47 bits per heavy atom. The lowest BCUT2D eigenvalue weighted by Crippen LogP contribution is -2.01. The molecule has 1 N–H and O–H groups in total. The van der Waals surface area contributed by atoms with Gasteiger partial charge in [0, 0.05) is 0 Å². The Morgan fingerprint density at radius 3 is 2.94 bits per heavy atom. The van der Waals surface area contributed by atoms with E-state index in [1.165, 1.54) is 6.21 Å². The molecule has 0 amide bonds. The third-order valence-corrected chi connectivity index (χ3v) is 2.02. The Morgan fingerprint density at radius 2 is 2.24 bits per heavy atom. The summed E-state index contributed by atoms with van der Waals surface area (Å²) in [6.07, 6.45) is 5.17. The minimum atomic E-state index is -0.239. The van der Waals surface area contributed by atoms with Gasteiger partial charge in [0.25, 0.3) is 0 Å². The largest absolute Gasteiger partial charge is 0.466 e. The van der Waals surface area contributed by atoms with Crippen LogP contribution in [0.15, 0.2) is 35.5 Å². The van der Waals surface area contributed by atoms with Crippen molar-refractivity contribution in [1.29, 1.82) is 0 Å². The second-order valence-electron chi connectivity index (χ2n) is 3.33. The second-order valence-corrected chi connectivity index (χ2v) is 3.33. The summed E-state index contributed by atoms with van der Waals surface area (Å²) in [5.41, 5.74) is 1.73. The number of carbonyl (C=O) groups is 1. The van der Waals surface area contributed by atoms with Crippen molar-refractivity contribution in [2.24, 2.45) is 5.16 Å². The number of esters is 1. The minimum Gasteiger partial charge on any atom is -0.466 e. The second kappa shape index (κ2) is 7.22. The van der Waals surface area contributed by atoms with E-state index in [0.717, 1.165) is 11.1 Å². The molecule has 0 aliphatic heterocycles. The van der Waals surface area contributed by atoms with Crippen LogP contribution in [0.25, 0.3) is 6.08 Å². The first-order valence-electron chi connectivity index (χ1n) is 5.36. The van der Waals surface area contributed by atoms with E-state index < -0.39 is 0 Å². The van der Waals surface area contributed by atoms with Crippen LogP contribution in [0.5, 0.6) is 0 Å². The van der Waals surface area contributed by atoms with Gasteiger partial charge in [0.15, 0.2) is 0 Å². The molecule has 0 bridgehead atoms. The molecule has 0 atom stereocenters. The standard InChI is InChI=1S/C13H15NO3/c1-2-17-13(15)8-4-6-11-5-3-7-12(9-11)10-14-16/h3-7,9-10,16H,2,8H2,1H3. The molecule has 1 rings (SSSR count). The number of oxime groups is 1. The molecule has 0 fully saturated rings. The number of rotatable bonds is 5. The number of ether oxygens (including phenoxy) is 1. The van der Waals surface area contributed by atoms with Gasteiger partial charge in [-0.05, 0) is 24.1 Å².